The molecule has 6 atom stereocenters. The van der Waals surface area contributed by atoms with E-state index in [0.29, 0.717) is 23.4 Å². The topological polar surface area (TPSA) is 234 Å². The lowest BCUT2D eigenvalue weighted by atomic mass is 9.87. The molecule has 2 amide bonds. The summed E-state index contributed by atoms with van der Waals surface area (Å²) in [6, 6.07) is 5.07. The van der Waals surface area contributed by atoms with E-state index < -0.39 is 97.5 Å². The van der Waals surface area contributed by atoms with Crippen LogP contribution >= 0.6 is 11.6 Å². The van der Waals surface area contributed by atoms with Crippen LogP contribution < -0.4 is 10.6 Å². The number of hydrogen-bond donors (Lipinski definition) is 2. The molecule has 1 saturated heterocycles. The van der Waals surface area contributed by atoms with E-state index >= 15 is 0 Å². The van der Waals surface area contributed by atoms with E-state index in [9.17, 15) is 38.4 Å². The van der Waals surface area contributed by atoms with Gasteiger partial charge in [-0.15, -0.1) is 0 Å². The van der Waals surface area contributed by atoms with E-state index in [4.69, 9.17) is 44.8 Å². The number of unbranched alkanes of at least 4 members (excludes halogenated alkanes) is 12. The standard InChI is InChI=1S/C45H67ClN2O16/c1-30(49)59-29-39(54)48-41-36(61-31(2)50)27-45(44(56)58-6,60-25-19-17-15-13-11-9-7-8-10-12-14-16-18-20-40(55)57-5)64-43(41)42(63-33(4)52)37(62-32(3)51)28-47-38(53)26-34-21-23-35(46)24-22-34/h21-24,36-37,41-43H,7-20,25-29H2,1-6H3,(H,47,53)(H,48,54)/t36-,37+,41+,42+,43+,45+/m0/s1. The highest BCUT2D eigenvalue weighted by Crippen LogP contribution is 2.37. The van der Waals surface area contributed by atoms with Crippen LogP contribution in [-0.4, -0.2) is 118 Å². The van der Waals surface area contributed by atoms with E-state index in [1.807, 2.05) is 0 Å². The van der Waals surface area contributed by atoms with Gasteiger partial charge >= 0.3 is 35.8 Å². The molecule has 0 aromatic heterocycles. The Labute approximate surface area is 380 Å². The predicted molar refractivity (Wildman–Crippen MR) is 230 cm³/mol. The number of methoxy groups -OCH3 is 2. The summed E-state index contributed by atoms with van der Waals surface area (Å²) in [5.41, 5.74) is 0.613. The number of amides is 2. The van der Waals surface area contributed by atoms with Gasteiger partial charge in [0.2, 0.25) is 5.91 Å². The van der Waals surface area contributed by atoms with Crippen molar-refractivity contribution >= 4 is 59.2 Å². The van der Waals surface area contributed by atoms with Gasteiger partial charge in [-0.2, -0.15) is 0 Å². The van der Waals surface area contributed by atoms with Gasteiger partial charge in [0.15, 0.2) is 18.8 Å². The van der Waals surface area contributed by atoms with Crippen LogP contribution in [0.4, 0.5) is 0 Å². The van der Waals surface area contributed by atoms with Crippen molar-refractivity contribution in [3.05, 3.63) is 34.9 Å². The van der Waals surface area contributed by atoms with Crippen LogP contribution in [0.15, 0.2) is 24.3 Å². The Morgan fingerprint density at radius 1 is 0.719 bits per heavy atom. The largest absolute Gasteiger partial charge is 0.469 e. The molecule has 0 saturated carbocycles. The van der Waals surface area contributed by atoms with E-state index in [2.05, 4.69) is 15.4 Å². The van der Waals surface area contributed by atoms with Crippen LogP contribution in [0, 0.1) is 0 Å². The van der Waals surface area contributed by atoms with Gasteiger partial charge < -0.3 is 48.5 Å². The van der Waals surface area contributed by atoms with Crippen LogP contribution in [0.3, 0.4) is 0 Å². The second-order valence-corrected chi connectivity index (χ2v) is 16.1. The number of carbonyl (C=O) groups is 8. The molecule has 1 aliphatic heterocycles. The zero-order valence-electron chi connectivity index (χ0n) is 38.0. The molecule has 1 fully saturated rings. The SMILES string of the molecule is COC(=O)CCCCCCCCCCCCCCCO[C@]1(C(=O)OC)C[C@H](OC(C)=O)[C@@H](NC(=O)COC(C)=O)[C@H]([C@H](OC(C)=O)[C@@H](CNC(=O)Cc2ccc(Cl)cc2)OC(C)=O)O1. The summed E-state index contributed by atoms with van der Waals surface area (Å²) in [4.78, 5) is 101. The zero-order valence-corrected chi connectivity index (χ0v) is 38.8. The zero-order chi connectivity index (χ0) is 47.5. The molecule has 64 heavy (non-hydrogen) atoms. The molecule has 1 aromatic rings. The van der Waals surface area contributed by atoms with Gasteiger partial charge in [-0.1, -0.05) is 94.4 Å². The maximum atomic E-state index is 13.8. The molecule has 1 heterocycles. The number of carbonyl (C=O) groups excluding carboxylic acids is 8. The Morgan fingerprint density at radius 3 is 1.80 bits per heavy atom. The molecule has 0 unspecified atom stereocenters. The number of benzene rings is 1. The van der Waals surface area contributed by atoms with Crippen molar-refractivity contribution in [2.75, 3.05) is 34.0 Å². The van der Waals surface area contributed by atoms with Crippen molar-refractivity contribution < 1.29 is 76.3 Å². The van der Waals surface area contributed by atoms with Crippen LogP contribution in [0.2, 0.25) is 5.02 Å². The molecule has 360 valence electrons. The fraction of sp³-hybridized carbons (Fsp3) is 0.689. The third-order valence-electron chi connectivity index (χ3n) is 10.3. The summed E-state index contributed by atoms with van der Waals surface area (Å²) in [7, 11) is 2.50. The Balaban J connectivity index is 2.28. The average Bonchev–Trinajstić information content (AvgIpc) is 3.24. The Kier molecular flexibility index (Phi) is 26.2. The van der Waals surface area contributed by atoms with Crippen molar-refractivity contribution in [3.63, 3.8) is 0 Å². The summed E-state index contributed by atoms with van der Waals surface area (Å²) in [6.07, 6.45) is 6.38. The van der Waals surface area contributed by atoms with Crippen molar-refractivity contribution in [1.82, 2.24) is 10.6 Å². The minimum absolute atomic E-state index is 0.0237. The van der Waals surface area contributed by atoms with Crippen LogP contribution in [0.25, 0.3) is 0 Å². The Bertz CT molecular complexity index is 1660. The fourth-order valence-corrected chi connectivity index (χ4v) is 7.38. The number of rotatable bonds is 30. The quantitative estimate of drug-likeness (QED) is 0.0577. The van der Waals surface area contributed by atoms with Crippen LogP contribution in [0.5, 0.6) is 0 Å². The van der Waals surface area contributed by atoms with Crippen molar-refractivity contribution in [2.45, 2.75) is 167 Å². The van der Waals surface area contributed by atoms with E-state index in [1.54, 1.807) is 24.3 Å². The molecule has 19 heteroatoms. The molecule has 2 rings (SSSR count). The second-order valence-electron chi connectivity index (χ2n) is 15.7. The van der Waals surface area contributed by atoms with E-state index in [0.717, 1.165) is 112 Å². The van der Waals surface area contributed by atoms with Gasteiger partial charge in [0.1, 0.15) is 12.2 Å². The van der Waals surface area contributed by atoms with Gasteiger partial charge in [0, 0.05) is 39.1 Å². The third kappa shape index (κ3) is 21.7. The van der Waals surface area contributed by atoms with Crippen molar-refractivity contribution in [3.8, 4) is 0 Å². The lowest BCUT2D eigenvalue weighted by Gasteiger charge is -2.48. The fourth-order valence-electron chi connectivity index (χ4n) is 7.26. The molecule has 0 radical (unpaired) electrons. The highest BCUT2D eigenvalue weighted by Gasteiger charge is 2.59. The number of ether oxygens (including phenoxy) is 8. The van der Waals surface area contributed by atoms with Gasteiger partial charge in [0.05, 0.1) is 46.3 Å². The number of nitrogens with one attached hydrogen (secondary N) is 2. The predicted octanol–water partition coefficient (Wildman–Crippen LogP) is 5.15. The minimum atomic E-state index is -2.31. The lowest BCUT2D eigenvalue weighted by Crippen LogP contribution is -2.70. The third-order valence-corrected chi connectivity index (χ3v) is 10.5. The summed E-state index contributed by atoms with van der Waals surface area (Å²) in [5.74, 6) is -8.27. The monoisotopic (exact) mass is 926 g/mol. The molecular formula is C45H67ClN2O16. The first kappa shape index (κ1) is 55.3. The summed E-state index contributed by atoms with van der Waals surface area (Å²) < 4.78 is 44.3. The molecule has 1 aliphatic rings. The van der Waals surface area contributed by atoms with Crippen molar-refractivity contribution in [1.29, 1.82) is 0 Å². The number of esters is 6. The van der Waals surface area contributed by atoms with Gasteiger partial charge in [-0.25, -0.2) is 4.79 Å². The van der Waals surface area contributed by atoms with Gasteiger partial charge in [-0.05, 0) is 30.5 Å². The Morgan fingerprint density at radius 2 is 1.28 bits per heavy atom. The molecule has 2 N–H and O–H groups in total. The van der Waals surface area contributed by atoms with Crippen LogP contribution in [-0.2, 0) is 82.7 Å². The first-order valence-corrected chi connectivity index (χ1v) is 22.3. The summed E-state index contributed by atoms with van der Waals surface area (Å²) in [6.45, 7) is 3.08. The molecule has 0 spiro atoms. The average molecular weight is 927 g/mol. The van der Waals surface area contributed by atoms with Crippen LogP contribution in [0.1, 0.15) is 130 Å². The number of halogens is 1. The maximum absolute atomic E-state index is 13.8. The summed E-state index contributed by atoms with van der Waals surface area (Å²) in [5, 5.41) is 5.72. The lowest BCUT2D eigenvalue weighted by molar-refractivity contribution is -0.313. The smallest absolute Gasteiger partial charge is 0.366 e. The molecule has 1 aromatic carbocycles. The van der Waals surface area contributed by atoms with Gasteiger partial charge in [-0.3, -0.25) is 33.6 Å². The normalized spacial score (nSPS) is 19.0. The Hall–Kier alpha value is -4.81. The molecule has 18 nitrogen and oxygen atoms in total. The highest BCUT2D eigenvalue weighted by atomic mass is 35.5. The van der Waals surface area contributed by atoms with E-state index in [-0.39, 0.29) is 19.0 Å². The maximum Gasteiger partial charge on any atom is 0.366 e. The molecule has 0 aliphatic carbocycles. The number of hydrogen-bond acceptors (Lipinski definition) is 16. The first-order chi connectivity index (χ1) is 30.5. The van der Waals surface area contributed by atoms with E-state index in [1.165, 1.54) is 7.11 Å². The highest BCUT2D eigenvalue weighted by molar-refractivity contribution is 6.30. The molecule has 0 bridgehead atoms. The first-order valence-electron chi connectivity index (χ1n) is 21.9. The van der Waals surface area contributed by atoms with Gasteiger partial charge in [0.25, 0.3) is 11.7 Å². The minimum Gasteiger partial charge on any atom is -0.469 e. The van der Waals surface area contributed by atoms with Crippen molar-refractivity contribution in [2.24, 2.45) is 0 Å². The second kappa shape index (κ2) is 30.3. The summed E-state index contributed by atoms with van der Waals surface area (Å²) >= 11 is 5.98. The molecular weight excluding hydrogens is 860 g/mol.